The summed E-state index contributed by atoms with van der Waals surface area (Å²) in [5.41, 5.74) is -0.0600. The van der Waals surface area contributed by atoms with E-state index >= 15 is 0 Å². The highest BCUT2D eigenvalue weighted by Crippen LogP contribution is 2.20. The van der Waals surface area contributed by atoms with E-state index < -0.39 is 5.97 Å². The summed E-state index contributed by atoms with van der Waals surface area (Å²) in [5, 5.41) is 13.5. The maximum atomic E-state index is 12.9. The Morgan fingerprint density at radius 3 is 2.65 bits per heavy atom. The quantitative estimate of drug-likeness (QED) is 0.852. The SMILES string of the molecule is CCC(C(=O)N1CCCN(c2nccnc2C(=O)O)CC1)n1cccn1. The lowest BCUT2D eigenvalue weighted by molar-refractivity contribution is -0.135. The Morgan fingerprint density at radius 2 is 1.96 bits per heavy atom. The molecule has 1 fully saturated rings. The maximum absolute atomic E-state index is 12.9. The van der Waals surface area contributed by atoms with Crippen LogP contribution in [0.2, 0.25) is 0 Å². The lowest BCUT2D eigenvalue weighted by atomic mass is 10.2. The van der Waals surface area contributed by atoms with Gasteiger partial charge in [0.05, 0.1) is 0 Å². The summed E-state index contributed by atoms with van der Waals surface area (Å²) in [6.07, 6.45) is 7.72. The molecule has 9 heteroatoms. The molecule has 1 atom stereocenters. The third-order valence-corrected chi connectivity index (χ3v) is 4.50. The number of aromatic carboxylic acids is 1. The standard InChI is InChI=1S/C17H22N6O3/c1-2-13(23-10-3-5-20-23)16(24)22-9-4-8-21(11-12-22)15-14(17(25)26)18-6-7-19-15/h3,5-7,10,13H,2,4,8-9,11-12H2,1H3,(H,25,26). The van der Waals surface area contributed by atoms with E-state index in [1.165, 1.54) is 12.4 Å². The molecular weight excluding hydrogens is 336 g/mol. The van der Waals surface area contributed by atoms with Gasteiger partial charge in [-0.2, -0.15) is 5.10 Å². The number of rotatable bonds is 5. The Bertz CT molecular complexity index is 764. The van der Waals surface area contributed by atoms with Crippen molar-refractivity contribution in [3.8, 4) is 0 Å². The number of anilines is 1. The van der Waals surface area contributed by atoms with Gasteiger partial charge in [0.15, 0.2) is 11.5 Å². The van der Waals surface area contributed by atoms with Gasteiger partial charge in [-0.15, -0.1) is 0 Å². The number of nitrogens with zero attached hydrogens (tertiary/aromatic N) is 6. The molecule has 1 aliphatic rings. The van der Waals surface area contributed by atoms with Crippen LogP contribution >= 0.6 is 0 Å². The van der Waals surface area contributed by atoms with Crippen LogP contribution in [0.4, 0.5) is 5.82 Å². The highest BCUT2D eigenvalue weighted by Gasteiger charge is 2.28. The van der Waals surface area contributed by atoms with Gasteiger partial charge in [-0.05, 0) is 18.9 Å². The average Bonchev–Trinajstić information content (AvgIpc) is 3.06. The topological polar surface area (TPSA) is 104 Å². The van der Waals surface area contributed by atoms with Crippen molar-refractivity contribution in [2.45, 2.75) is 25.8 Å². The van der Waals surface area contributed by atoms with Crippen LogP contribution in [0.1, 0.15) is 36.3 Å². The zero-order chi connectivity index (χ0) is 18.5. The van der Waals surface area contributed by atoms with E-state index in [1.54, 1.807) is 17.1 Å². The van der Waals surface area contributed by atoms with Crippen LogP contribution in [0.15, 0.2) is 30.9 Å². The van der Waals surface area contributed by atoms with Gasteiger partial charge in [-0.3, -0.25) is 9.48 Å². The fourth-order valence-electron chi connectivity index (χ4n) is 3.21. The first-order chi connectivity index (χ1) is 12.6. The Kier molecular flexibility index (Phi) is 5.45. The van der Waals surface area contributed by atoms with Gasteiger partial charge >= 0.3 is 5.97 Å². The third kappa shape index (κ3) is 3.66. The Morgan fingerprint density at radius 1 is 1.15 bits per heavy atom. The molecule has 3 rings (SSSR count). The van der Waals surface area contributed by atoms with Crippen molar-refractivity contribution >= 4 is 17.7 Å². The molecule has 1 unspecified atom stereocenters. The number of aromatic nitrogens is 4. The molecule has 2 aromatic rings. The largest absolute Gasteiger partial charge is 0.476 e. The monoisotopic (exact) mass is 358 g/mol. The van der Waals surface area contributed by atoms with Crippen LogP contribution < -0.4 is 4.90 Å². The molecule has 0 bridgehead atoms. The maximum Gasteiger partial charge on any atom is 0.358 e. The van der Waals surface area contributed by atoms with Crippen LogP contribution in [0, 0.1) is 0 Å². The molecule has 0 aromatic carbocycles. The van der Waals surface area contributed by atoms with Crippen LogP contribution in [0.25, 0.3) is 0 Å². The van der Waals surface area contributed by atoms with Gasteiger partial charge in [0, 0.05) is 51.0 Å². The molecule has 1 N–H and O–H groups in total. The number of hydrogen-bond acceptors (Lipinski definition) is 6. The van der Waals surface area contributed by atoms with Gasteiger partial charge in [0.1, 0.15) is 6.04 Å². The van der Waals surface area contributed by atoms with Crippen LogP contribution in [0.3, 0.4) is 0 Å². The van der Waals surface area contributed by atoms with Crippen molar-refractivity contribution in [2.75, 3.05) is 31.1 Å². The molecule has 1 aliphatic heterocycles. The van der Waals surface area contributed by atoms with Gasteiger partial charge in [0.25, 0.3) is 0 Å². The highest BCUT2D eigenvalue weighted by molar-refractivity contribution is 5.91. The van der Waals surface area contributed by atoms with Crippen LogP contribution in [-0.4, -0.2) is 67.8 Å². The zero-order valence-electron chi connectivity index (χ0n) is 14.7. The first kappa shape index (κ1) is 17.8. The lowest BCUT2D eigenvalue weighted by Gasteiger charge is -2.26. The molecule has 2 aromatic heterocycles. The summed E-state index contributed by atoms with van der Waals surface area (Å²) in [6, 6.07) is 1.49. The van der Waals surface area contributed by atoms with Crippen LogP contribution in [-0.2, 0) is 4.79 Å². The number of amides is 1. The zero-order valence-corrected chi connectivity index (χ0v) is 14.7. The molecule has 26 heavy (non-hydrogen) atoms. The minimum Gasteiger partial charge on any atom is -0.476 e. The van der Waals surface area contributed by atoms with E-state index in [4.69, 9.17) is 0 Å². The number of carbonyl (C=O) groups is 2. The summed E-state index contributed by atoms with van der Waals surface area (Å²) in [5.74, 6) is -0.709. The van der Waals surface area contributed by atoms with Gasteiger partial charge in [-0.25, -0.2) is 14.8 Å². The molecule has 0 saturated carbocycles. The van der Waals surface area contributed by atoms with Gasteiger partial charge < -0.3 is 14.9 Å². The summed E-state index contributed by atoms with van der Waals surface area (Å²) in [6.45, 7) is 4.23. The van der Waals surface area contributed by atoms with Crippen molar-refractivity contribution < 1.29 is 14.7 Å². The highest BCUT2D eigenvalue weighted by atomic mass is 16.4. The molecule has 0 spiro atoms. The number of carboxylic acids is 1. The number of carbonyl (C=O) groups excluding carboxylic acids is 1. The second-order valence-electron chi connectivity index (χ2n) is 6.11. The van der Waals surface area contributed by atoms with E-state index in [1.807, 2.05) is 22.8 Å². The second-order valence-corrected chi connectivity index (χ2v) is 6.11. The molecule has 1 amide bonds. The predicted molar refractivity (Wildman–Crippen MR) is 94.0 cm³/mol. The van der Waals surface area contributed by atoms with E-state index in [0.717, 1.165) is 6.42 Å². The fraction of sp³-hybridized carbons (Fsp3) is 0.471. The molecule has 138 valence electrons. The van der Waals surface area contributed by atoms with E-state index in [2.05, 4.69) is 15.1 Å². The smallest absolute Gasteiger partial charge is 0.358 e. The summed E-state index contributed by atoms with van der Waals surface area (Å²) < 4.78 is 1.69. The minimum atomic E-state index is -1.10. The van der Waals surface area contributed by atoms with E-state index in [0.29, 0.717) is 38.4 Å². The lowest BCUT2D eigenvalue weighted by Crippen LogP contribution is -2.40. The van der Waals surface area contributed by atoms with Crippen molar-refractivity contribution in [3.05, 3.63) is 36.5 Å². The van der Waals surface area contributed by atoms with Crippen molar-refractivity contribution in [3.63, 3.8) is 0 Å². The normalized spacial score (nSPS) is 16.2. The summed E-state index contributed by atoms with van der Waals surface area (Å²) in [7, 11) is 0. The van der Waals surface area contributed by atoms with Crippen molar-refractivity contribution in [1.82, 2.24) is 24.6 Å². The minimum absolute atomic E-state index is 0.0376. The van der Waals surface area contributed by atoms with E-state index in [9.17, 15) is 14.7 Å². The fourth-order valence-corrected chi connectivity index (χ4v) is 3.21. The third-order valence-electron chi connectivity index (χ3n) is 4.50. The van der Waals surface area contributed by atoms with Crippen LogP contribution in [0.5, 0.6) is 0 Å². The first-order valence-corrected chi connectivity index (χ1v) is 8.69. The van der Waals surface area contributed by atoms with Crippen molar-refractivity contribution in [2.24, 2.45) is 0 Å². The predicted octanol–water partition coefficient (Wildman–Crippen LogP) is 1.06. The summed E-state index contributed by atoms with van der Waals surface area (Å²) in [4.78, 5) is 36.1. The molecule has 0 aliphatic carbocycles. The Hall–Kier alpha value is -2.97. The van der Waals surface area contributed by atoms with E-state index in [-0.39, 0.29) is 17.6 Å². The average molecular weight is 358 g/mol. The molecule has 9 nitrogen and oxygen atoms in total. The molecule has 3 heterocycles. The number of hydrogen-bond donors (Lipinski definition) is 1. The van der Waals surface area contributed by atoms with Crippen molar-refractivity contribution in [1.29, 1.82) is 0 Å². The summed E-state index contributed by atoms with van der Waals surface area (Å²) >= 11 is 0. The van der Waals surface area contributed by atoms with Gasteiger partial charge in [0.2, 0.25) is 5.91 Å². The molecule has 1 saturated heterocycles. The second kappa shape index (κ2) is 7.94. The molecule has 0 radical (unpaired) electrons. The number of carboxylic acid groups (broad SMARTS) is 1. The van der Waals surface area contributed by atoms with Gasteiger partial charge in [-0.1, -0.05) is 6.92 Å². The first-order valence-electron chi connectivity index (χ1n) is 8.69. The Labute approximate surface area is 151 Å². The molecular formula is C17H22N6O3. The Balaban J connectivity index is 1.72.